The molecule has 1 unspecified atom stereocenters. The standard InChI is InChI=1S/C16H13FN2S/c17-13-6-3-5-12-15(8-9-20-16(12)13)19-14-7-2-1-4-11(14)10-18/h1-7,15,19H,8-9H2. The second-order valence-corrected chi connectivity index (χ2v) is 5.75. The number of benzene rings is 2. The van der Waals surface area contributed by atoms with Crippen LogP contribution in [-0.4, -0.2) is 5.75 Å². The van der Waals surface area contributed by atoms with Gasteiger partial charge < -0.3 is 5.32 Å². The van der Waals surface area contributed by atoms with Crippen LogP contribution in [0.15, 0.2) is 47.4 Å². The number of fused-ring (bicyclic) bond motifs is 1. The summed E-state index contributed by atoms with van der Waals surface area (Å²) in [4.78, 5) is 0.727. The van der Waals surface area contributed by atoms with E-state index in [1.807, 2.05) is 24.3 Å². The van der Waals surface area contributed by atoms with Gasteiger partial charge in [0, 0.05) is 10.6 Å². The molecule has 2 aromatic carbocycles. The normalized spacial score (nSPS) is 17.1. The summed E-state index contributed by atoms with van der Waals surface area (Å²) in [5, 5.41) is 12.5. The first kappa shape index (κ1) is 13.0. The molecule has 2 nitrogen and oxygen atoms in total. The number of rotatable bonds is 2. The average molecular weight is 284 g/mol. The summed E-state index contributed by atoms with van der Waals surface area (Å²) in [7, 11) is 0. The second kappa shape index (κ2) is 5.56. The highest BCUT2D eigenvalue weighted by Gasteiger charge is 2.23. The lowest BCUT2D eigenvalue weighted by atomic mass is 10.0. The Morgan fingerprint density at radius 1 is 1.20 bits per heavy atom. The molecule has 20 heavy (non-hydrogen) atoms. The quantitative estimate of drug-likeness (QED) is 0.890. The van der Waals surface area contributed by atoms with Gasteiger partial charge in [0.15, 0.2) is 0 Å². The summed E-state index contributed by atoms with van der Waals surface area (Å²) >= 11 is 1.56. The maximum Gasteiger partial charge on any atom is 0.137 e. The van der Waals surface area contributed by atoms with Crippen LogP contribution in [-0.2, 0) is 0 Å². The van der Waals surface area contributed by atoms with Crippen molar-refractivity contribution in [2.45, 2.75) is 17.4 Å². The summed E-state index contributed by atoms with van der Waals surface area (Å²) in [5.74, 6) is 0.716. The fraction of sp³-hybridized carbons (Fsp3) is 0.188. The Hall–Kier alpha value is -1.99. The van der Waals surface area contributed by atoms with Crippen molar-refractivity contribution in [3.05, 3.63) is 59.4 Å². The number of thioether (sulfide) groups is 1. The summed E-state index contributed by atoms with van der Waals surface area (Å²) in [6.07, 6.45) is 0.918. The number of nitriles is 1. The molecule has 4 heteroatoms. The van der Waals surface area contributed by atoms with Crippen molar-refractivity contribution in [1.82, 2.24) is 0 Å². The Morgan fingerprint density at radius 3 is 2.90 bits per heavy atom. The molecule has 0 aromatic heterocycles. The number of nitrogens with zero attached hydrogens (tertiary/aromatic N) is 1. The molecule has 0 saturated carbocycles. The third-order valence-electron chi connectivity index (χ3n) is 3.40. The Kier molecular flexibility index (Phi) is 3.62. The number of anilines is 1. The van der Waals surface area contributed by atoms with Gasteiger partial charge in [-0.05, 0) is 30.2 Å². The van der Waals surface area contributed by atoms with E-state index in [9.17, 15) is 4.39 Å². The first-order chi connectivity index (χ1) is 9.79. The molecule has 0 aliphatic carbocycles. The molecule has 1 heterocycles. The third-order valence-corrected chi connectivity index (χ3v) is 4.56. The van der Waals surface area contributed by atoms with Gasteiger partial charge in [0.2, 0.25) is 0 Å². The zero-order chi connectivity index (χ0) is 13.9. The molecule has 0 radical (unpaired) electrons. The Morgan fingerprint density at radius 2 is 2.05 bits per heavy atom. The average Bonchev–Trinajstić information content (AvgIpc) is 2.49. The van der Waals surface area contributed by atoms with Gasteiger partial charge in [0.05, 0.1) is 17.3 Å². The topological polar surface area (TPSA) is 35.8 Å². The van der Waals surface area contributed by atoms with E-state index in [-0.39, 0.29) is 11.9 Å². The molecule has 0 fully saturated rings. The van der Waals surface area contributed by atoms with E-state index in [1.54, 1.807) is 23.9 Å². The number of nitrogens with one attached hydrogen (secondary N) is 1. The van der Waals surface area contributed by atoms with Gasteiger partial charge in [-0.15, -0.1) is 11.8 Å². The first-order valence-electron chi connectivity index (χ1n) is 6.46. The van der Waals surface area contributed by atoms with Crippen LogP contribution in [0.3, 0.4) is 0 Å². The Labute approximate surface area is 121 Å². The third kappa shape index (κ3) is 2.37. The van der Waals surface area contributed by atoms with Gasteiger partial charge in [0.25, 0.3) is 0 Å². The fourth-order valence-electron chi connectivity index (χ4n) is 2.43. The largest absolute Gasteiger partial charge is 0.377 e. The van der Waals surface area contributed by atoms with E-state index >= 15 is 0 Å². The van der Waals surface area contributed by atoms with Crippen molar-refractivity contribution in [2.75, 3.05) is 11.1 Å². The predicted octanol–water partition coefficient (Wildman–Crippen LogP) is 4.35. The van der Waals surface area contributed by atoms with Crippen molar-refractivity contribution in [2.24, 2.45) is 0 Å². The highest BCUT2D eigenvalue weighted by Crippen LogP contribution is 2.39. The van der Waals surface area contributed by atoms with Gasteiger partial charge >= 0.3 is 0 Å². The maximum absolute atomic E-state index is 13.8. The van der Waals surface area contributed by atoms with Crippen LogP contribution in [0.25, 0.3) is 0 Å². The molecule has 1 N–H and O–H groups in total. The van der Waals surface area contributed by atoms with Crippen molar-refractivity contribution in [1.29, 1.82) is 5.26 Å². The Balaban J connectivity index is 1.94. The molecule has 3 rings (SSSR count). The molecule has 0 amide bonds. The lowest BCUT2D eigenvalue weighted by molar-refractivity contribution is 0.585. The van der Waals surface area contributed by atoms with Crippen molar-refractivity contribution >= 4 is 17.4 Å². The summed E-state index contributed by atoms with van der Waals surface area (Å²) in [6.45, 7) is 0. The molecule has 2 aromatic rings. The lowest BCUT2D eigenvalue weighted by Gasteiger charge is -2.27. The smallest absolute Gasteiger partial charge is 0.137 e. The van der Waals surface area contributed by atoms with Crippen molar-refractivity contribution in [3.8, 4) is 6.07 Å². The number of hydrogen-bond acceptors (Lipinski definition) is 3. The molecule has 1 aliphatic heterocycles. The second-order valence-electron chi connectivity index (χ2n) is 4.65. The molecule has 1 atom stereocenters. The van der Waals surface area contributed by atoms with E-state index in [1.165, 1.54) is 6.07 Å². The van der Waals surface area contributed by atoms with Crippen LogP contribution in [0.2, 0.25) is 0 Å². The van der Waals surface area contributed by atoms with E-state index in [2.05, 4.69) is 11.4 Å². The molecule has 0 bridgehead atoms. The van der Waals surface area contributed by atoms with Gasteiger partial charge in [-0.1, -0.05) is 24.3 Å². The monoisotopic (exact) mass is 284 g/mol. The van der Waals surface area contributed by atoms with Crippen LogP contribution >= 0.6 is 11.8 Å². The fourth-order valence-corrected chi connectivity index (χ4v) is 3.57. The van der Waals surface area contributed by atoms with Gasteiger partial charge in [-0.3, -0.25) is 0 Å². The van der Waals surface area contributed by atoms with Crippen LogP contribution in [0.1, 0.15) is 23.6 Å². The van der Waals surface area contributed by atoms with E-state index in [4.69, 9.17) is 5.26 Å². The SMILES string of the molecule is N#Cc1ccccc1NC1CCSc2c(F)cccc21. The zero-order valence-corrected chi connectivity index (χ0v) is 11.6. The molecular weight excluding hydrogens is 271 g/mol. The summed E-state index contributed by atoms with van der Waals surface area (Å²) in [5.41, 5.74) is 2.40. The molecule has 0 spiro atoms. The number of halogens is 1. The summed E-state index contributed by atoms with van der Waals surface area (Å²) in [6, 6.07) is 14.8. The molecule has 100 valence electrons. The highest BCUT2D eigenvalue weighted by molar-refractivity contribution is 7.99. The minimum absolute atomic E-state index is 0.0523. The van der Waals surface area contributed by atoms with E-state index < -0.39 is 0 Å². The van der Waals surface area contributed by atoms with Gasteiger partial charge in [0.1, 0.15) is 11.9 Å². The van der Waals surface area contributed by atoms with E-state index in [0.29, 0.717) is 5.56 Å². The summed E-state index contributed by atoms with van der Waals surface area (Å²) < 4.78 is 13.8. The molecule has 1 aliphatic rings. The van der Waals surface area contributed by atoms with Gasteiger partial charge in [-0.2, -0.15) is 5.26 Å². The lowest BCUT2D eigenvalue weighted by Crippen LogP contribution is -2.17. The van der Waals surface area contributed by atoms with Gasteiger partial charge in [-0.25, -0.2) is 4.39 Å². The minimum Gasteiger partial charge on any atom is -0.377 e. The first-order valence-corrected chi connectivity index (χ1v) is 7.45. The van der Waals surface area contributed by atoms with Crippen LogP contribution in [0.5, 0.6) is 0 Å². The highest BCUT2D eigenvalue weighted by atomic mass is 32.2. The predicted molar refractivity (Wildman–Crippen MR) is 79.3 cm³/mol. The number of para-hydroxylation sites is 1. The zero-order valence-electron chi connectivity index (χ0n) is 10.8. The maximum atomic E-state index is 13.8. The van der Waals surface area contributed by atoms with Crippen LogP contribution in [0.4, 0.5) is 10.1 Å². The Bertz CT molecular complexity index is 678. The van der Waals surface area contributed by atoms with E-state index in [0.717, 1.165) is 28.3 Å². The number of hydrogen-bond donors (Lipinski definition) is 1. The molecular formula is C16H13FN2S. The van der Waals surface area contributed by atoms with Crippen LogP contribution in [0, 0.1) is 17.1 Å². The minimum atomic E-state index is -0.160. The van der Waals surface area contributed by atoms with Crippen LogP contribution < -0.4 is 5.32 Å². The van der Waals surface area contributed by atoms with Crippen molar-refractivity contribution < 1.29 is 4.39 Å². The van der Waals surface area contributed by atoms with Crippen molar-refractivity contribution in [3.63, 3.8) is 0 Å². The molecule has 0 saturated heterocycles.